The Morgan fingerprint density at radius 2 is 2.00 bits per heavy atom. The van der Waals surface area contributed by atoms with Crippen molar-refractivity contribution in [3.63, 3.8) is 0 Å². The van der Waals surface area contributed by atoms with Gasteiger partial charge in [-0.3, -0.25) is 0 Å². The topological polar surface area (TPSA) is 58.9 Å². The third-order valence-corrected chi connectivity index (χ3v) is 2.22. The predicted octanol–water partition coefficient (Wildman–Crippen LogP) is 2.41. The Hall–Kier alpha value is -0.360. The van der Waals surface area contributed by atoms with E-state index in [0.29, 0.717) is 0 Å². The summed E-state index contributed by atoms with van der Waals surface area (Å²) in [6.07, 6.45) is -1.48. The molecule has 1 atom stereocenters. The molecule has 1 aromatic carbocycles. The highest BCUT2D eigenvalue weighted by Gasteiger charge is 2.14. The molecule has 6 heteroatoms. The molecule has 0 bridgehead atoms. The van der Waals surface area contributed by atoms with Gasteiger partial charge in [0, 0.05) is 5.56 Å². The monoisotopic (exact) mass is 224 g/mol. The van der Waals surface area contributed by atoms with Gasteiger partial charge in [-0.2, -0.15) is 4.89 Å². The lowest BCUT2D eigenvalue weighted by Gasteiger charge is -2.09. The van der Waals surface area contributed by atoms with E-state index in [2.05, 4.69) is 9.93 Å². The van der Waals surface area contributed by atoms with Gasteiger partial charge in [-0.25, -0.2) is 5.26 Å². The summed E-state index contributed by atoms with van der Waals surface area (Å²) in [5, 5.41) is 20.8. The van der Waals surface area contributed by atoms with Gasteiger partial charge in [-0.1, -0.05) is 40.4 Å². The van der Waals surface area contributed by atoms with Crippen LogP contribution in [0.2, 0.25) is 10.0 Å². The van der Waals surface area contributed by atoms with E-state index >= 15 is 0 Å². The van der Waals surface area contributed by atoms with Crippen molar-refractivity contribution in [3.05, 3.63) is 33.8 Å². The number of aliphatic hydroxyl groups is 1. The van der Waals surface area contributed by atoms with Gasteiger partial charge < -0.3 is 5.11 Å². The van der Waals surface area contributed by atoms with Crippen molar-refractivity contribution in [1.82, 2.24) is 0 Å². The van der Waals surface area contributed by atoms with Crippen molar-refractivity contribution in [2.45, 2.75) is 6.29 Å². The second-order valence-corrected chi connectivity index (χ2v) is 2.95. The van der Waals surface area contributed by atoms with Gasteiger partial charge in [0.15, 0.2) is 0 Å². The van der Waals surface area contributed by atoms with Crippen molar-refractivity contribution in [1.29, 1.82) is 0 Å². The van der Waals surface area contributed by atoms with Crippen LogP contribution in [0.4, 0.5) is 0 Å². The number of hydrogen-bond acceptors (Lipinski definition) is 4. The Labute approximate surface area is 84.1 Å². The molecule has 0 aliphatic carbocycles. The Morgan fingerprint density at radius 3 is 2.62 bits per heavy atom. The Balaban J connectivity index is 2.93. The van der Waals surface area contributed by atoms with Crippen LogP contribution in [0.5, 0.6) is 0 Å². The van der Waals surface area contributed by atoms with E-state index in [9.17, 15) is 5.11 Å². The second-order valence-electron chi connectivity index (χ2n) is 2.17. The number of halogens is 2. The van der Waals surface area contributed by atoms with E-state index in [4.69, 9.17) is 28.5 Å². The van der Waals surface area contributed by atoms with E-state index in [1.54, 1.807) is 12.1 Å². The molecule has 0 aromatic heterocycles. The van der Waals surface area contributed by atoms with Crippen LogP contribution in [-0.2, 0) is 9.93 Å². The molecule has 0 amide bonds. The van der Waals surface area contributed by atoms with Gasteiger partial charge in [0.05, 0.1) is 10.0 Å². The molecule has 0 aliphatic heterocycles. The standard InChI is InChI=1S/C7H6Cl2O4/c8-5-3-1-2-4(6(5)9)7(10)12-13-11/h1-3,7,10-11H. The predicted molar refractivity (Wildman–Crippen MR) is 46.2 cm³/mol. The lowest BCUT2D eigenvalue weighted by Crippen LogP contribution is -2.03. The van der Waals surface area contributed by atoms with Crippen LogP contribution in [0.15, 0.2) is 18.2 Å². The van der Waals surface area contributed by atoms with Crippen LogP contribution >= 0.6 is 23.2 Å². The van der Waals surface area contributed by atoms with E-state index in [1.807, 2.05) is 0 Å². The molecule has 1 unspecified atom stereocenters. The Kier molecular flexibility index (Phi) is 3.92. The highest BCUT2D eigenvalue weighted by molar-refractivity contribution is 6.42. The van der Waals surface area contributed by atoms with Crippen molar-refractivity contribution in [3.8, 4) is 0 Å². The lowest BCUT2D eigenvalue weighted by molar-refractivity contribution is -0.530. The van der Waals surface area contributed by atoms with Crippen LogP contribution in [0.25, 0.3) is 0 Å². The van der Waals surface area contributed by atoms with Crippen LogP contribution in [-0.4, -0.2) is 10.4 Å². The maximum Gasteiger partial charge on any atom is 0.219 e. The first kappa shape index (κ1) is 10.7. The summed E-state index contributed by atoms with van der Waals surface area (Å²) >= 11 is 11.4. The number of rotatable bonds is 3. The van der Waals surface area contributed by atoms with Crippen molar-refractivity contribution >= 4 is 23.2 Å². The molecule has 0 spiro atoms. The first-order valence-electron chi connectivity index (χ1n) is 3.25. The van der Waals surface area contributed by atoms with Gasteiger partial charge in [-0.05, 0) is 6.07 Å². The van der Waals surface area contributed by atoms with Gasteiger partial charge in [-0.15, -0.1) is 0 Å². The minimum Gasteiger partial charge on any atom is -0.362 e. The molecule has 2 N–H and O–H groups in total. The lowest BCUT2D eigenvalue weighted by atomic mass is 10.2. The first-order chi connectivity index (χ1) is 6.16. The zero-order valence-corrected chi connectivity index (χ0v) is 7.79. The summed E-state index contributed by atoms with van der Waals surface area (Å²) in [7, 11) is 0. The summed E-state index contributed by atoms with van der Waals surface area (Å²) in [6, 6.07) is 4.62. The smallest absolute Gasteiger partial charge is 0.219 e. The summed E-state index contributed by atoms with van der Waals surface area (Å²) in [4.78, 5) is 4.03. The van der Waals surface area contributed by atoms with Crippen molar-refractivity contribution in [2.24, 2.45) is 0 Å². The number of benzene rings is 1. The highest BCUT2D eigenvalue weighted by Crippen LogP contribution is 2.30. The molecule has 0 fully saturated rings. The molecule has 0 saturated carbocycles. The van der Waals surface area contributed by atoms with Gasteiger partial charge in [0.1, 0.15) is 0 Å². The molecule has 0 radical (unpaired) electrons. The summed E-state index contributed by atoms with van der Waals surface area (Å²) < 4.78 is 0. The zero-order valence-electron chi connectivity index (χ0n) is 6.28. The molecule has 4 nitrogen and oxygen atoms in total. The quantitative estimate of drug-likeness (QED) is 0.471. The molecule has 0 heterocycles. The molecule has 0 aliphatic rings. The number of aliphatic hydroxyl groups excluding tert-OH is 1. The SMILES string of the molecule is OOOC(O)c1cccc(Cl)c1Cl. The molecular formula is C7H6Cl2O4. The minimum atomic E-state index is -1.48. The first-order valence-corrected chi connectivity index (χ1v) is 4.01. The Bertz CT molecular complexity index is 292. The fraction of sp³-hybridized carbons (Fsp3) is 0.143. The molecule has 1 aromatic rings. The molecule has 72 valence electrons. The molecule has 13 heavy (non-hydrogen) atoms. The highest BCUT2D eigenvalue weighted by atomic mass is 35.5. The minimum absolute atomic E-state index is 0.147. The molecule has 1 rings (SSSR count). The summed E-state index contributed by atoms with van der Waals surface area (Å²) in [5.41, 5.74) is 0.211. The third-order valence-electron chi connectivity index (χ3n) is 1.38. The third kappa shape index (κ3) is 2.54. The van der Waals surface area contributed by atoms with Gasteiger partial charge in [0.25, 0.3) is 0 Å². The molecule has 0 saturated heterocycles. The van der Waals surface area contributed by atoms with E-state index in [1.165, 1.54) is 6.07 Å². The fourth-order valence-corrected chi connectivity index (χ4v) is 1.20. The summed E-state index contributed by atoms with van der Waals surface area (Å²) in [5.74, 6) is 0. The zero-order chi connectivity index (χ0) is 9.84. The maximum absolute atomic E-state index is 9.18. The van der Waals surface area contributed by atoms with E-state index < -0.39 is 6.29 Å². The van der Waals surface area contributed by atoms with E-state index in [-0.39, 0.29) is 15.6 Å². The Morgan fingerprint density at radius 1 is 1.31 bits per heavy atom. The fourth-order valence-electron chi connectivity index (χ4n) is 0.804. The molecular weight excluding hydrogens is 219 g/mol. The number of hydrogen-bond donors (Lipinski definition) is 2. The van der Waals surface area contributed by atoms with Crippen molar-refractivity contribution in [2.75, 3.05) is 0 Å². The van der Waals surface area contributed by atoms with Crippen LogP contribution in [0.1, 0.15) is 11.9 Å². The van der Waals surface area contributed by atoms with Gasteiger partial charge >= 0.3 is 0 Å². The average molecular weight is 225 g/mol. The normalized spacial score (nSPS) is 12.9. The van der Waals surface area contributed by atoms with Crippen molar-refractivity contribution < 1.29 is 20.3 Å². The van der Waals surface area contributed by atoms with Crippen LogP contribution in [0.3, 0.4) is 0 Å². The van der Waals surface area contributed by atoms with Gasteiger partial charge in [0.2, 0.25) is 6.29 Å². The summed E-state index contributed by atoms with van der Waals surface area (Å²) in [6.45, 7) is 0. The maximum atomic E-state index is 9.18. The van der Waals surface area contributed by atoms with Crippen LogP contribution < -0.4 is 0 Å². The van der Waals surface area contributed by atoms with Crippen LogP contribution in [0, 0.1) is 0 Å². The van der Waals surface area contributed by atoms with E-state index in [0.717, 1.165) is 0 Å². The average Bonchev–Trinajstić information content (AvgIpc) is 2.10. The second kappa shape index (κ2) is 4.76. The largest absolute Gasteiger partial charge is 0.362 e.